The molecule has 1 unspecified atom stereocenters. The largest absolute Gasteiger partial charge is 0.497 e. The third-order valence-electron chi connectivity index (χ3n) is 4.43. The molecule has 0 aliphatic heterocycles. The molecule has 3 rings (SSSR count). The predicted octanol–water partition coefficient (Wildman–Crippen LogP) is 4.04. The molecule has 1 N–H and O–H groups in total. The first kappa shape index (κ1) is 16.4. The number of amides is 1. The van der Waals surface area contributed by atoms with Crippen LogP contribution >= 0.6 is 0 Å². The number of benzene rings is 2. The third kappa shape index (κ3) is 4.07. The van der Waals surface area contributed by atoms with Gasteiger partial charge in [0.25, 0.3) is 0 Å². The van der Waals surface area contributed by atoms with E-state index in [-0.39, 0.29) is 12.1 Å². The van der Waals surface area contributed by atoms with Gasteiger partial charge < -0.3 is 14.8 Å². The Kier molecular flexibility index (Phi) is 5.36. The summed E-state index contributed by atoms with van der Waals surface area (Å²) in [7, 11) is 1.66. The number of fused-ring (bicyclic) bond motifs is 1. The predicted molar refractivity (Wildman–Crippen MR) is 93.3 cm³/mol. The normalized spacial score (nSPS) is 16.1. The zero-order valence-electron chi connectivity index (χ0n) is 14.0. The van der Waals surface area contributed by atoms with Crippen molar-refractivity contribution in [2.75, 3.05) is 13.7 Å². The van der Waals surface area contributed by atoms with Gasteiger partial charge in [-0.15, -0.1) is 0 Å². The van der Waals surface area contributed by atoms with Gasteiger partial charge in [0.2, 0.25) is 0 Å². The quantitative estimate of drug-likeness (QED) is 0.902. The van der Waals surface area contributed by atoms with Crippen LogP contribution < -0.4 is 10.1 Å². The highest BCUT2D eigenvalue weighted by molar-refractivity contribution is 5.68. The number of rotatable bonds is 5. The smallest absolute Gasteiger partial charge is 0.407 e. The van der Waals surface area contributed by atoms with Crippen molar-refractivity contribution in [3.8, 4) is 5.75 Å². The summed E-state index contributed by atoms with van der Waals surface area (Å²) < 4.78 is 10.6. The Morgan fingerprint density at radius 2 is 2.04 bits per heavy atom. The number of hydrogen-bond acceptors (Lipinski definition) is 3. The summed E-state index contributed by atoms with van der Waals surface area (Å²) in [6, 6.07) is 16.1. The van der Waals surface area contributed by atoms with Crippen molar-refractivity contribution in [2.24, 2.45) is 0 Å². The van der Waals surface area contributed by atoms with Crippen LogP contribution in [0.25, 0.3) is 0 Å². The highest BCUT2D eigenvalue weighted by Gasteiger charge is 2.22. The summed E-state index contributed by atoms with van der Waals surface area (Å²) in [6.07, 6.45) is 3.40. The number of alkyl carbamates (subject to hydrolysis) is 1. The first-order valence-electron chi connectivity index (χ1n) is 8.40. The second-order valence-electron chi connectivity index (χ2n) is 6.03. The summed E-state index contributed by atoms with van der Waals surface area (Å²) in [5.74, 6) is 0.819. The Hall–Kier alpha value is -2.49. The Bertz CT molecular complexity index is 685. The third-order valence-corrected chi connectivity index (χ3v) is 4.43. The van der Waals surface area contributed by atoms with Crippen molar-refractivity contribution >= 4 is 6.09 Å². The first-order chi connectivity index (χ1) is 11.8. The molecule has 1 amide bonds. The maximum atomic E-state index is 12.1. The minimum absolute atomic E-state index is 0.00641. The number of methoxy groups -OCH3 is 1. The van der Waals surface area contributed by atoms with E-state index in [0.29, 0.717) is 6.61 Å². The SMILES string of the molecule is COc1ccc2c(c1)C(NC(=O)OCCc1ccccc1)CCC2. The van der Waals surface area contributed by atoms with Gasteiger partial charge in [0, 0.05) is 6.42 Å². The van der Waals surface area contributed by atoms with Crippen LogP contribution in [0.4, 0.5) is 4.79 Å². The van der Waals surface area contributed by atoms with Gasteiger partial charge in [-0.3, -0.25) is 0 Å². The van der Waals surface area contributed by atoms with Gasteiger partial charge in [0.15, 0.2) is 0 Å². The van der Waals surface area contributed by atoms with Gasteiger partial charge in [-0.05, 0) is 48.1 Å². The number of aryl methyl sites for hydroxylation is 1. The molecule has 4 nitrogen and oxygen atoms in total. The Labute approximate surface area is 142 Å². The summed E-state index contributed by atoms with van der Waals surface area (Å²) in [5.41, 5.74) is 3.58. The van der Waals surface area contributed by atoms with Crippen molar-refractivity contribution in [1.82, 2.24) is 5.32 Å². The second-order valence-corrected chi connectivity index (χ2v) is 6.03. The van der Waals surface area contributed by atoms with Crippen LogP contribution in [0.15, 0.2) is 48.5 Å². The molecular weight excluding hydrogens is 302 g/mol. The minimum atomic E-state index is -0.355. The topological polar surface area (TPSA) is 47.6 Å². The Morgan fingerprint density at radius 1 is 1.21 bits per heavy atom. The minimum Gasteiger partial charge on any atom is -0.497 e. The average molecular weight is 325 g/mol. The van der Waals surface area contributed by atoms with E-state index in [9.17, 15) is 4.79 Å². The van der Waals surface area contributed by atoms with Crippen LogP contribution in [-0.2, 0) is 17.6 Å². The molecule has 0 heterocycles. The van der Waals surface area contributed by atoms with Gasteiger partial charge in [0.05, 0.1) is 19.8 Å². The van der Waals surface area contributed by atoms with Crippen molar-refractivity contribution in [3.05, 3.63) is 65.2 Å². The van der Waals surface area contributed by atoms with Gasteiger partial charge in [0.1, 0.15) is 5.75 Å². The molecule has 4 heteroatoms. The highest BCUT2D eigenvalue weighted by atomic mass is 16.5. The molecule has 0 fully saturated rings. The molecule has 2 aromatic rings. The van der Waals surface area contributed by atoms with E-state index in [4.69, 9.17) is 9.47 Å². The Balaban J connectivity index is 1.55. The van der Waals surface area contributed by atoms with E-state index in [1.165, 1.54) is 5.56 Å². The molecule has 0 bridgehead atoms. The van der Waals surface area contributed by atoms with Crippen LogP contribution in [0.2, 0.25) is 0 Å². The molecule has 1 atom stereocenters. The van der Waals surface area contributed by atoms with Crippen molar-refractivity contribution in [1.29, 1.82) is 0 Å². The average Bonchev–Trinajstić information content (AvgIpc) is 2.62. The first-order valence-corrected chi connectivity index (χ1v) is 8.40. The fraction of sp³-hybridized carbons (Fsp3) is 0.350. The number of ether oxygens (including phenoxy) is 2. The van der Waals surface area contributed by atoms with Gasteiger partial charge in [-0.1, -0.05) is 36.4 Å². The fourth-order valence-electron chi connectivity index (χ4n) is 3.14. The lowest BCUT2D eigenvalue weighted by molar-refractivity contribution is 0.142. The van der Waals surface area contributed by atoms with Crippen molar-refractivity contribution in [3.63, 3.8) is 0 Å². The van der Waals surface area contributed by atoms with Crippen molar-refractivity contribution < 1.29 is 14.3 Å². The van der Waals surface area contributed by atoms with Crippen molar-refractivity contribution in [2.45, 2.75) is 31.7 Å². The lowest BCUT2D eigenvalue weighted by Gasteiger charge is -2.26. The van der Waals surface area contributed by atoms with Gasteiger partial charge >= 0.3 is 6.09 Å². The Morgan fingerprint density at radius 3 is 2.83 bits per heavy atom. The molecule has 1 aliphatic rings. The van der Waals surface area contributed by atoms with Gasteiger partial charge in [-0.25, -0.2) is 4.79 Å². The molecule has 0 saturated heterocycles. The molecule has 0 spiro atoms. The van der Waals surface area contributed by atoms with Crippen LogP contribution in [-0.4, -0.2) is 19.8 Å². The number of carbonyl (C=O) groups excluding carboxylic acids is 1. The molecule has 1 aliphatic carbocycles. The van der Waals surface area contributed by atoms with Crippen LogP contribution in [0.5, 0.6) is 5.75 Å². The fourth-order valence-corrected chi connectivity index (χ4v) is 3.14. The van der Waals surface area contributed by atoms with E-state index < -0.39 is 0 Å². The highest BCUT2D eigenvalue weighted by Crippen LogP contribution is 2.32. The second kappa shape index (κ2) is 7.86. The lowest BCUT2D eigenvalue weighted by Crippen LogP contribution is -2.31. The molecule has 0 radical (unpaired) electrons. The van der Waals surface area contributed by atoms with Crippen LogP contribution in [0.1, 0.15) is 35.6 Å². The van der Waals surface area contributed by atoms with Gasteiger partial charge in [-0.2, -0.15) is 0 Å². The van der Waals surface area contributed by atoms with Crippen LogP contribution in [0, 0.1) is 0 Å². The monoisotopic (exact) mass is 325 g/mol. The van der Waals surface area contributed by atoms with E-state index in [1.54, 1.807) is 7.11 Å². The zero-order chi connectivity index (χ0) is 16.8. The molecule has 0 saturated carbocycles. The molecule has 0 aromatic heterocycles. The van der Waals surface area contributed by atoms with Crippen LogP contribution in [0.3, 0.4) is 0 Å². The van der Waals surface area contributed by atoms with E-state index in [2.05, 4.69) is 11.4 Å². The lowest BCUT2D eigenvalue weighted by atomic mass is 9.87. The summed E-state index contributed by atoms with van der Waals surface area (Å²) in [5, 5.41) is 3.00. The maximum absolute atomic E-state index is 12.1. The molecular formula is C20H23NO3. The molecule has 2 aromatic carbocycles. The zero-order valence-corrected chi connectivity index (χ0v) is 14.0. The standard InChI is InChI=1S/C20H23NO3/c1-23-17-11-10-16-8-5-9-19(18(16)14-17)21-20(22)24-13-12-15-6-3-2-4-7-15/h2-4,6-7,10-11,14,19H,5,8-9,12-13H2,1H3,(H,21,22). The van der Waals surface area contributed by atoms with E-state index in [0.717, 1.165) is 42.6 Å². The molecule has 126 valence electrons. The van der Waals surface area contributed by atoms with E-state index >= 15 is 0 Å². The number of carbonyl (C=O) groups is 1. The van der Waals surface area contributed by atoms with E-state index in [1.807, 2.05) is 42.5 Å². The number of nitrogens with one attached hydrogen (secondary N) is 1. The summed E-state index contributed by atoms with van der Waals surface area (Å²) in [4.78, 5) is 12.1. The molecule has 24 heavy (non-hydrogen) atoms. The summed E-state index contributed by atoms with van der Waals surface area (Å²) in [6.45, 7) is 0.382. The summed E-state index contributed by atoms with van der Waals surface area (Å²) >= 11 is 0. The maximum Gasteiger partial charge on any atom is 0.407 e. The number of hydrogen-bond donors (Lipinski definition) is 1.